The molecule has 104 valence electrons. The van der Waals surface area contributed by atoms with Gasteiger partial charge in [0.1, 0.15) is 0 Å². The lowest BCUT2D eigenvalue weighted by atomic mass is 10.1. The molecule has 0 bridgehead atoms. The van der Waals surface area contributed by atoms with Gasteiger partial charge in [0.15, 0.2) is 0 Å². The Labute approximate surface area is 105 Å². The lowest BCUT2D eigenvalue weighted by Crippen LogP contribution is -2.34. The van der Waals surface area contributed by atoms with E-state index in [1.165, 1.54) is 6.92 Å². The molecule has 1 unspecified atom stereocenters. The Morgan fingerprint density at radius 1 is 1.22 bits per heavy atom. The number of hydrogen-bond donors (Lipinski definition) is 2. The maximum absolute atomic E-state index is 11.3. The fourth-order valence-electron chi connectivity index (χ4n) is 1.06. The molecule has 0 aliphatic heterocycles. The van der Waals surface area contributed by atoms with E-state index >= 15 is 0 Å². The number of carboxylic acid groups (broad SMARTS) is 1. The molecule has 18 heavy (non-hydrogen) atoms. The van der Waals surface area contributed by atoms with Gasteiger partial charge in [-0.1, -0.05) is 13.8 Å². The zero-order valence-corrected chi connectivity index (χ0v) is 10.8. The van der Waals surface area contributed by atoms with Crippen LogP contribution in [0.4, 0.5) is 0 Å². The molecule has 2 N–H and O–H groups in total. The van der Waals surface area contributed by atoms with E-state index in [-0.39, 0.29) is 19.0 Å². The molecule has 0 aromatic heterocycles. The Bertz CT molecular complexity index is 302. The third kappa shape index (κ3) is 8.51. The van der Waals surface area contributed by atoms with Crippen LogP contribution in [0.1, 0.15) is 27.2 Å². The monoisotopic (exact) mass is 261 g/mol. The molecule has 0 saturated heterocycles. The van der Waals surface area contributed by atoms with Crippen molar-refractivity contribution in [3.63, 3.8) is 0 Å². The van der Waals surface area contributed by atoms with Gasteiger partial charge in [-0.05, 0) is 0 Å². The van der Waals surface area contributed by atoms with Crippen molar-refractivity contribution in [1.29, 1.82) is 0 Å². The molecule has 0 amide bonds. The van der Waals surface area contributed by atoms with Crippen LogP contribution in [-0.2, 0) is 23.9 Å². The van der Waals surface area contributed by atoms with Gasteiger partial charge in [-0.3, -0.25) is 14.4 Å². The average Bonchev–Trinajstić information content (AvgIpc) is 2.22. The number of esters is 2. The molecular formula is C11H19NO6. The van der Waals surface area contributed by atoms with Crippen LogP contribution in [0.5, 0.6) is 0 Å². The Kier molecular flexibility index (Phi) is 7.69. The molecular weight excluding hydrogens is 242 g/mol. The quantitative estimate of drug-likeness (QED) is 0.473. The summed E-state index contributed by atoms with van der Waals surface area (Å²) in [4.78, 5) is 32.6. The van der Waals surface area contributed by atoms with Crippen LogP contribution in [0.15, 0.2) is 0 Å². The molecule has 0 fully saturated rings. The van der Waals surface area contributed by atoms with Gasteiger partial charge in [0.25, 0.3) is 0 Å². The summed E-state index contributed by atoms with van der Waals surface area (Å²) < 4.78 is 8.97. The summed E-state index contributed by atoms with van der Waals surface area (Å²) in [7, 11) is 0. The largest absolute Gasteiger partial charge is 0.481 e. The number of nitrogens with one attached hydrogen (secondary N) is 1. The van der Waals surface area contributed by atoms with E-state index in [0.29, 0.717) is 0 Å². The number of aliphatic carboxylic acids is 1. The van der Waals surface area contributed by atoms with Crippen molar-refractivity contribution in [2.45, 2.75) is 33.2 Å². The van der Waals surface area contributed by atoms with E-state index in [1.807, 2.05) is 13.8 Å². The molecule has 0 radical (unpaired) electrons. The van der Waals surface area contributed by atoms with Gasteiger partial charge < -0.3 is 19.9 Å². The molecule has 0 spiro atoms. The van der Waals surface area contributed by atoms with Gasteiger partial charge in [-0.2, -0.15) is 0 Å². The molecule has 0 aliphatic carbocycles. The van der Waals surface area contributed by atoms with Crippen molar-refractivity contribution in [2.75, 3.05) is 13.3 Å². The number of hydrogen-bond acceptors (Lipinski definition) is 6. The van der Waals surface area contributed by atoms with E-state index in [4.69, 9.17) is 5.11 Å². The van der Waals surface area contributed by atoms with Crippen molar-refractivity contribution < 1.29 is 29.0 Å². The Morgan fingerprint density at radius 2 is 1.83 bits per heavy atom. The van der Waals surface area contributed by atoms with Crippen LogP contribution in [0.3, 0.4) is 0 Å². The highest BCUT2D eigenvalue weighted by Gasteiger charge is 2.22. The summed E-state index contributed by atoms with van der Waals surface area (Å²) in [6.07, 6.45) is -0.268. The SMILES string of the molecule is CC(=O)OCOC(=O)CC(CNC(C)C)C(=O)O. The van der Waals surface area contributed by atoms with Gasteiger partial charge in [-0.15, -0.1) is 0 Å². The maximum atomic E-state index is 11.3. The molecule has 7 nitrogen and oxygen atoms in total. The average molecular weight is 261 g/mol. The first-order chi connectivity index (χ1) is 8.32. The van der Waals surface area contributed by atoms with Crippen molar-refractivity contribution in [3.05, 3.63) is 0 Å². The molecule has 0 rings (SSSR count). The zero-order chi connectivity index (χ0) is 14.1. The Hall–Kier alpha value is -1.63. The predicted octanol–water partition coefficient (Wildman–Crippen LogP) is 0.139. The van der Waals surface area contributed by atoms with Gasteiger partial charge in [0, 0.05) is 19.5 Å². The molecule has 0 heterocycles. The minimum absolute atomic E-state index is 0.129. The molecule has 7 heteroatoms. The van der Waals surface area contributed by atoms with Gasteiger partial charge in [0.2, 0.25) is 6.79 Å². The van der Waals surface area contributed by atoms with Crippen molar-refractivity contribution in [2.24, 2.45) is 5.92 Å². The van der Waals surface area contributed by atoms with Crippen LogP contribution in [0.2, 0.25) is 0 Å². The van der Waals surface area contributed by atoms with Crippen molar-refractivity contribution in [3.8, 4) is 0 Å². The lowest BCUT2D eigenvalue weighted by Gasteiger charge is -2.14. The minimum Gasteiger partial charge on any atom is -0.481 e. The van der Waals surface area contributed by atoms with E-state index in [1.54, 1.807) is 0 Å². The number of carbonyl (C=O) groups is 3. The number of ether oxygens (including phenoxy) is 2. The highest BCUT2D eigenvalue weighted by Crippen LogP contribution is 2.04. The first-order valence-corrected chi connectivity index (χ1v) is 5.58. The first-order valence-electron chi connectivity index (χ1n) is 5.58. The minimum atomic E-state index is -1.08. The second kappa shape index (κ2) is 8.46. The van der Waals surface area contributed by atoms with Crippen molar-refractivity contribution in [1.82, 2.24) is 5.32 Å². The fourth-order valence-corrected chi connectivity index (χ4v) is 1.06. The third-order valence-corrected chi connectivity index (χ3v) is 2.02. The second-order valence-electron chi connectivity index (χ2n) is 4.07. The standard InChI is InChI=1S/C11H19NO6/c1-7(2)12-5-9(11(15)16)4-10(14)18-6-17-8(3)13/h7,9,12H,4-6H2,1-3H3,(H,15,16). The van der Waals surface area contributed by atoms with Crippen LogP contribution >= 0.6 is 0 Å². The molecule has 1 atom stereocenters. The second-order valence-corrected chi connectivity index (χ2v) is 4.07. The van der Waals surface area contributed by atoms with E-state index < -0.39 is 30.6 Å². The molecule has 0 saturated carbocycles. The number of carboxylic acids is 1. The molecule has 0 aromatic rings. The predicted molar refractivity (Wildman–Crippen MR) is 61.6 cm³/mol. The van der Waals surface area contributed by atoms with Crippen LogP contribution in [0.25, 0.3) is 0 Å². The topological polar surface area (TPSA) is 102 Å². The van der Waals surface area contributed by atoms with Gasteiger partial charge in [-0.25, -0.2) is 0 Å². The lowest BCUT2D eigenvalue weighted by molar-refractivity contribution is -0.168. The smallest absolute Gasteiger partial charge is 0.309 e. The highest BCUT2D eigenvalue weighted by atomic mass is 16.7. The zero-order valence-electron chi connectivity index (χ0n) is 10.8. The number of carbonyl (C=O) groups excluding carboxylic acids is 2. The van der Waals surface area contributed by atoms with E-state index in [0.717, 1.165) is 0 Å². The van der Waals surface area contributed by atoms with Gasteiger partial charge in [0.05, 0.1) is 12.3 Å². The van der Waals surface area contributed by atoms with E-state index in [9.17, 15) is 14.4 Å². The number of rotatable bonds is 8. The molecule has 0 aromatic carbocycles. The maximum Gasteiger partial charge on any atom is 0.309 e. The normalized spacial score (nSPS) is 12.0. The van der Waals surface area contributed by atoms with E-state index in [2.05, 4.69) is 14.8 Å². The summed E-state index contributed by atoms with van der Waals surface area (Å²) in [5.74, 6) is -3.22. The van der Waals surface area contributed by atoms with Gasteiger partial charge >= 0.3 is 17.9 Å². The fraction of sp³-hybridized carbons (Fsp3) is 0.727. The summed E-state index contributed by atoms with van der Waals surface area (Å²) >= 11 is 0. The van der Waals surface area contributed by atoms with Crippen LogP contribution in [0, 0.1) is 5.92 Å². The summed E-state index contributed by atoms with van der Waals surface area (Å²) in [6.45, 7) is 4.62. The molecule has 0 aliphatic rings. The first kappa shape index (κ1) is 16.4. The van der Waals surface area contributed by atoms with Crippen LogP contribution in [-0.4, -0.2) is 42.4 Å². The van der Waals surface area contributed by atoms with Crippen molar-refractivity contribution >= 4 is 17.9 Å². The summed E-state index contributed by atoms with van der Waals surface area (Å²) in [5.41, 5.74) is 0. The summed E-state index contributed by atoms with van der Waals surface area (Å²) in [6, 6.07) is 0.129. The summed E-state index contributed by atoms with van der Waals surface area (Å²) in [5, 5.41) is 11.8. The Morgan fingerprint density at radius 3 is 2.28 bits per heavy atom. The van der Waals surface area contributed by atoms with Crippen LogP contribution < -0.4 is 5.32 Å². The Balaban J connectivity index is 4.03. The third-order valence-electron chi connectivity index (χ3n) is 2.02. The highest BCUT2D eigenvalue weighted by molar-refractivity contribution is 5.79.